The van der Waals surface area contributed by atoms with Crippen molar-refractivity contribution in [1.82, 2.24) is 4.90 Å². The Morgan fingerprint density at radius 1 is 0.947 bits per heavy atom. The molecule has 0 N–H and O–H groups in total. The van der Waals surface area contributed by atoms with Gasteiger partial charge in [-0.05, 0) is 64.0 Å². The fourth-order valence-electron chi connectivity index (χ4n) is 4.61. The van der Waals surface area contributed by atoms with Gasteiger partial charge in [-0.25, -0.2) is 0 Å². The van der Waals surface area contributed by atoms with Gasteiger partial charge in [-0.1, -0.05) is 46.0 Å². The van der Waals surface area contributed by atoms with Crippen molar-refractivity contribution >= 4 is 0 Å². The Balaban J connectivity index is 1.95. The smallest absolute Gasteiger partial charge is 0.0206 e. The van der Waals surface area contributed by atoms with E-state index >= 15 is 0 Å². The van der Waals surface area contributed by atoms with E-state index in [1.807, 2.05) is 0 Å². The molecule has 0 unspecified atom stereocenters. The summed E-state index contributed by atoms with van der Waals surface area (Å²) in [5, 5.41) is 0. The van der Waals surface area contributed by atoms with Crippen LogP contribution in [0.4, 0.5) is 0 Å². The summed E-state index contributed by atoms with van der Waals surface area (Å²) in [7, 11) is 4.66. The molecule has 0 atom stereocenters. The van der Waals surface area contributed by atoms with Gasteiger partial charge in [-0.15, -0.1) is 0 Å². The number of rotatable bonds is 4. The van der Waals surface area contributed by atoms with Gasteiger partial charge in [0.1, 0.15) is 0 Å². The molecule has 0 bridgehead atoms. The monoisotopic (exact) mass is 265 g/mol. The van der Waals surface area contributed by atoms with Crippen molar-refractivity contribution in [3.05, 3.63) is 0 Å². The summed E-state index contributed by atoms with van der Waals surface area (Å²) in [5.74, 6) is 2.89. The van der Waals surface area contributed by atoms with Crippen molar-refractivity contribution in [1.29, 1.82) is 0 Å². The van der Waals surface area contributed by atoms with Crippen LogP contribution in [0.25, 0.3) is 0 Å². The third-order valence-electron chi connectivity index (χ3n) is 6.25. The molecule has 0 radical (unpaired) electrons. The van der Waals surface area contributed by atoms with E-state index in [0.717, 1.165) is 17.8 Å². The minimum absolute atomic E-state index is 0.535. The Kier molecular flexibility index (Phi) is 5.34. The van der Waals surface area contributed by atoms with E-state index in [0.29, 0.717) is 5.54 Å². The molecule has 0 aliphatic heterocycles. The van der Waals surface area contributed by atoms with Crippen LogP contribution in [0.15, 0.2) is 0 Å². The van der Waals surface area contributed by atoms with Gasteiger partial charge in [-0.3, -0.25) is 0 Å². The second-order valence-corrected chi connectivity index (χ2v) is 7.91. The van der Waals surface area contributed by atoms with Crippen molar-refractivity contribution in [2.75, 3.05) is 14.1 Å². The lowest BCUT2D eigenvalue weighted by atomic mass is 9.67. The minimum atomic E-state index is 0.535. The molecule has 0 aromatic heterocycles. The Hall–Kier alpha value is -0.0400. The second-order valence-electron chi connectivity index (χ2n) is 7.91. The van der Waals surface area contributed by atoms with E-state index in [4.69, 9.17) is 0 Å². The Labute approximate surface area is 121 Å². The molecule has 0 spiro atoms. The van der Waals surface area contributed by atoms with Crippen molar-refractivity contribution in [2.24, 2.45) is 17.8 Å². The van der Waals surface area contributed by atoms with Gasteiger partial charge in [-0.2, -0.15) is 0 Å². The lowest BCUT2D eigenvalue weighted by Crippen LogP contribution is -2.48. The topological polar surface area (TPSA) is 3.24 Å². The highest BCUT2D eigenvalue weighted by molar-refractivity contribution is 4.95. The first kappa shape index (κ1) is 15.4. The minimum Gasteiger partial charge on any atom is -0.304 e. The first-order valence-electron chi connectivity index (χ1n) is 8.71. The largest absolute Gasteiger partial charge is 0.304 e. The van der Waals surface area contributed by atoms with Gasteiger partial charge in [0, 0.05) is 5.54 Å². The lowest BCUT2D eigenvalue weighted by Gasteiger charge is -2.48. The first-order chi connectivity index (χ1) is 9.03. The van der Waals surface area contributed by atoms with Crippen LogP contribution in [0.1, 0.15) is 78.1 Å². The fraction of sp³-hybridized carbons (Fsp3) is 1.00. The van der Waals surface area contributed by atoms with Gasteiger partial charge < -0.3 is 4.90 Å². The molecule has 0 saturated heterocycles. The number of hydrogen-bond acceptors (Lipinski definition) is 1. The summed E-state index contributed by atoms with van der Waals surface area (Å²) in [4.78, 5) is 2.58. The molecule has 2 aliphatic rings. The zero-order valence-corrected chi connectivity index (χ0v) is 13.8. The third kappa shape index (κ3) is 3.74. The highest BCUT2D eigenvalue weighted by Crippen LogP contribution is 2.44. The average molecular weight is 265 g/mol. The van der Waals surface area contributed by atoms with Crippen LogP contribution < -0.4 is 0 Å². The van der Waals surface area contributed by atoms with Crippen LogP contribution in [-0.4, -0.2) is 24.5 Å². The number of hydrogen-bond donors (Lipinski definition) is 0. The van der Waals surface area contributed by atoms with Crippen LogP contribution in [0.2, 0.25) is 0 Å². The van der Waals surface area contributed by atoms with Crippen LogP contribution >= 0.6 is 0 Å². The normalized spacial score (nSPS) is 34.1. The highest BCUT2D eigenvalue weighted by atomic mass is 15.1. The summed E-state index contributed by atoms with van der Waals surface area (Å²) in [6.07, 6.45) is 14.8. The maximum absolute atomic E-state index is 2.58. The molecule has 1 nitrogen and oxygen atoms in total. The van der Waals surface area contributed by atoms with Gasteiger partial charge in [0.05, 0.1) is 0 Å². The molecule has 112 valence electrons. The van der Waals surface area contributed by atoms with E-state index in [1.54, 1.807) is 0 Å². The Morgan fingerprint density at radius 2 is 1.53 bits per heavy atom. The Bertz CT molecular complexity index is 255. The van der Waals surface area contributed by atoms with E-state index < -0.39 is 0 Å². The van der Waals surface area contributed by atoms with Crippen LogP contribution in [0.5, 0.6) is 0 Å². The van der Waals surface area contributed by atoms with Crippen molar-refractivity contribution < 1.29 is 0 Å². The van der Waals surface area contributed by atoms with Crippen LogP contribution in [0, 0.1) is 17.8 Å². The average Bonchev–Trinajstić information content (AvgIpc) is 2.40. The molecule has 0 amide bonds. The predicted molar refractivity (Wildman–Crippen MR) is 84.4 cm³/mol. The molecule has 2 saturated carbocycles. The molecule has 0 heterocycles. The van der Waals surface area contributed by atoms with E-state index in [-0.39, 0.29) is 0 Å². The molecule has 2 rings (SSSR count). The fourth-order valence-corrected chi connectivity index (χ4v) is 4.61. The highest BCUT2D eigenvalue weighted by Gasteiger charge is 2.39. The van der Waals surface area contributed by atoms with E-state index in [9.17, 15) is 0 Å². The first-order valence-corrected chi connectivity index (χ1v) is 8.71. The molecule has 2 fully saturated rings. The predicted octanol–water partition coefficient (Wildman–Crippen LogP) is 5.10. The molecular formula is C18H35N. The number of nitrogens with zero attached hydrogens (tertiary/aromatic N) is 1. The zero-order chi connectivity index (χ0) is 13.9. The SMILES string of the molecule is CC(C)C1CCC(CC2CCCCC2)(N(C)C)CC1. The quantitative estimate of drug-likeness (QED) is 0.683. The van der Waals surface area contributed by atoms with Crippen molar-refractivity contribution in [3.8, 4) is 0 Å². The second kappa shape index (κ2) is 6.61. The zero-order valence-electron chi connectivity index (χ0n) is 13.8. The molecule has 0 aromatic rings. The molecule has 2 aliphatic carbocycles. The van der Waals surface area contributed by atoms with E-state index in [2.05, 4.69) is 32.8 Å². The molecular weight excluding hydrogens is 230 g/mol. The van der Waals surface area contributed by atoms with Crippen LogP contribution in [-0.2, 0) is 0 Å². The van der Waals surface area contributed by atoms with Crippen molar-refractivity contribution in [2.45, 2.75) is 83.6 Å². The van der Waals surface area contributed by atoms with E-state index in [1.165, 1.54) is 64.2 Å². The van der Waals surface area contributed by atoms with Crippen molar-refractivity contribution in [3.63, 3.8) is 0 Å². The summed E-state index contributed by atoms with van der Waals surface area (Å²) in [6, 6.07) is 0. The van der Waals surface area contributed by atoms with Gasteiger partial charge in [0.25, 0.3) is 0 Å². The molecule has 1 heteroatoms. The van der Waals surface area contributed by atoms with Gasteiger partial charge in [0.15, 0.2) is 0 Å². The molecule has 19 heavy (non-hydrogen) atoms. The standard InChI is InChI=1S/C18H35N/c1-15(2)17-10-12-18(13-11-17,19(3)4)14-16-8-6-5-7-9-16/h15-17H,5-14H2,1-4H3. The Morgan fingerprint density at radius 3 is 2.00 bits per heavy atom. The summed E-state index contributed by atoms with van der Waals surface area (Å²) in [6.45, 7) is 4.82. The van der Waals surface area contributed by atoms with Crippen LogP contribution in [0.3, 0.4) is 0 Å². The summed E-state index contributed by atoms with van der Waals surface area (Å²) >= 11 is 0. The third-order valence-corrected chi connectivity index (χ3v) is 6.25. The van der Waals surface area contributed by atoms with Gasteiger partial charge in [0.2, 0.25) is 0 Å². The molecule has 0 aromatic carbocycles. The maximum Gasteiger partial charge on any atom is 0.0206 e. The van der Waals surface area contributed by atoms with Gasteiger partial charge >= 0.3 is 0 Å². The summed E-state index contributed by atoms with van der Waals surface area (Å²) < 4.78 is 0. The maximum atomic E-state index is 2.58. The lowest BCUT2D eigenvalue weighted by molar-refractivity contribution is 0.0396. The summed E-state index contributed by atoms with van der Waals surface area (Å²) in [5.41, 5.74) is 0.535.